The van der Waals surface area contributed by atoms with Gasteiger partial charge in [-0.25, -0.2) is 17.6 Å². The maximum atomic E-state index is 14.5. The van der Waals surface area contributed by atoms with E-state index in [-0.39, 0.29) is 28.4 Å². The van der Waals surface area contributed by atoms with E-state index >= 15 is 0 Å². The number of hydrogen-bond acceptors (Lipinski definition) is 1. The van der Waals surface area contributed by atoms with Crippen molar-refractivity contribution in [2.45, 2.75) is 20.4 Å². The second-order valence-corrected chi connectivity index (χ2v) is 6.41. The van der Waals surface area contributed by atoms with Gasteiger partial charge >= 0.3 is 0 Å². The van der Waals surface area contributed by atoms with Crippen molar-refractivity contribution in [2.75, 3.05) is 0 Å². The molecule has 0 aliphatic carbocycles. The Bertz CT molecular complexity index is 1080. The molecule has 0 unspecified atom stereocenters. The minimum atomic E-state index is -1.17. The van der Waals surface area contributed by atoms with Crippen LogP contribution >= 0.6 is 11.6 Å². The number of aromatic nitrogens is 1. The van der Waals surface area contributed by atoms with E-state index in [1.165, 1.54) is 19.1 Å². The molecule has 1 heterocycles. The summed E-state index contributed by atoms with van der Waals surface area (Å²) in [4.78, 5) is 12.6. The van der Waals surface area contributed by atoms with E-state index in [0.29, 0.717) is 17.7 Å². The summed E-state index contributed by atoms with van der Waals surface area (Å²) in [6, 6.07) is 6.02. The summed E-state index contributed by atoms with van der Waals surface area (Å²) in [6.07, 6.45) is 0. The molecule has 3 rings (SSSR count). The molecule has 1 aromatic heterocycles. The van der Waals surface area contributed by atoms with Gasteiger partial charge in [0.2, 0.25) is 0 Å². The van der Waals surface area contributed by atoms with E-state index in [4.69, 9.17) is 11.6 Å². The van der Waals surface area contributed by atoms with Crippen molar-refractivity contribution in [2.24, 2.45) is 0 Å². The van der Waals surface area contributed by atoms with E-state index in [9.17, 15) is 22.4 Å². The van der Waals surface area contributed by atoms with Crippen LogP contribution in [-0.4, -0.2) is 4.57 Å². The number of nitrogens with zero attached hydrogens (tertiary/aromatic N) is 1. The van der Waals surface area contributed by atoms with Crippen molar-refractivity contribution < 1.29 is 17.6 Å². The molecule has 0 atom stereocenters. The molecule has 3 aromatic rings. The summed E-state index contributed by atoms with van der Waals surface area (Å²) in [5.74, 6) is -4.04. The van der Waals surface area contributed by atoms with Crippen molar-refractivity contribution in [1.29, 1.82) is 0 Å². The zero-order chi connectivity index (χ0) is 19.9. The van der Waals surface area contributed by atoms with E-state index in [1.807, 2.05) is 0 Å². The Hall–Kier alpha value is -2.60. The molecule has 0 radical (unpaired) electrons. The summed E-state index contributed by atoms with van der Waals surface area (Å²) >= 11 is 6.18. The molecule has 0 saturated heterocycles. The van der Waals surface area contributed by atoms with Crippen LogP contribution in [0.1, 0.15) is 12.5 Å². The van der Waals surface area contributed by atoms with Gasteiger partial charge in [-0.05, 0) is 38.1 Å². The van der Waals surface area contributed by atoms with Gasteiger partial charge in [0.15, 0.2) is 0 Å². The fourth-order valence-electron chi connectivity index (χ4n) is 3.06. The Morgan fingerprint density at radius 1 is 0.926 bits per heavy atom. The second-order valence-electron chi connectivity index (χ2n) is 6.01. The van der Waals surface area contributed by atoms with Crippen LogP contribution in [-0.2, 0) is 6.54 Å². The van der Waals surface area contributed by atoms with Crippen LogP contribution in [0, 0.1) is 30.2 Å². The van der Waals surface area contributed by atoms with Gasteiger partial charge in [0, 0.05) is 40.4 Å². The molecule has 7 heteroatoms. The molecule has 140 valence electrons. The minimum Gasteiger partial charge on any atom is -0.307 e. The predicted molar refractivity (Wildman–Crippen MR) is 96.8 cm³/mol. The number of benzene rings is 2. The highest BCUT2D eigenvalue weighted by molar-refractivity contribution is 6.33. The Labute approximate surface area is 157 Å². The van der Waals surface area contributed by atoms with Crippen LogP contribution in [0.4, 0.5) is 17.6 Å². The lowest BCUT2D eigenvalue weighted by atomic mass is 9.96. The molecule has 0 aliphatic heterocycles. The van der Waals surface area contributed by atoms with Crippen molar-refractivity contribution in [3.05, 3.63) is 80.6 Å². The van der Waals surface area contributed by atoms with Gasteiger partial charge in [0.05, 0.1) is 11.3 Å². The van der Waals surface area contributed by atoms with Crippen molar-refractivity contribution in [3.63, 3.8) is 0 Å². The molecule has 27 heavy (non-hydrogen) atoms. The lowest BCUT2D eigenvalue weighted by Gasteiger charge is -2.19. The molecule has 0 saturated carbocycles. The molecule has 2 aromatic carbocycles. The van der Waals surface area contributed by atoms with Gasteiger partial charge < -0.3 is 4.57 Å². The minimum absolute atomic E-state index is 0.0893. The molecule has 2 nitrogen and oxygen atoms in total. The Kier molecular flexibility index (Phi) is 5.11. The Balaban J connectivity index is 2.52. The molecule has 0 N–H and O–H groups in total. The third-order valence-electron chi connectivity index (χ3n) is 4.25. The van der Waals surface area contributed by atoms with Gasteiger partial charge in [0.1, 0.15) is 23.3 Å². The van der Waals surface area contributed by atoms with Crippen LogP contribution in [0.25, 0.3) is 22.4 Å². The number of aryl methyl sites for hydroxylation is 1. The summed E-state index contributed by atoms with van der Waals surface area (Å²) in [6.45, 7) is 3.25. The summed E-state index contributed by atoms with van der Waals surface area (Å²) in [5.41, 5.74) is -0.546. The molecule has 0 fully saturated rings. The fourth-order valence-corrected chi connectivity index (χ4v) is 3.27. The van der Waals surface area contributed by atoms with E-state index in [2.05, 4.69) is 0 Å². The quantitative estimate of drug-likeness (QED) is 0.520. The van der Waals surface area contributed by atoms with Gasteiger partial charge in [0.25, 0.3) is 5.56 Å². The summed E-state index contributed by atoms with van der Waals surface area (Å²) in [5, 5.41) is 0.140. The lowest BCUT2D eigenvalue weighted by molar-refractivity contribution is 0.545. The lowest BCUT2D eigenvalue weighted by Crippen LogP contribution is -2.24. The highest BCUT2D eigenvalue weighted by Gasteiger charge is 2.23. The highest BCUT2D eigenvalue weighted by atomic mass is 35.5. The Morgan fingerprint density at radius 3 is 2.15 bits per heavy atom. The average Bonchev–Trinajstić information content (AvgIpc) is 2.59. The Morgan fingerprint density at radius 2 is 1.56 bits per heavy atom. The van der Waals surface area contributed by atoms with Crippen LogP contribution in [0.3, 0.4) is 0 Å². The third kappa shape index (κ3) is 3.37. The van der Waals surface area contributed by atoms with Crippen molar-refractivity contribution >= 4 is 11.6 Å². The molecule has 0 amide bonds. The topological polar surface area (TPSA) is 22.0 Å². The van der Waals surface area contributed by atoms with Crippen LogP contribution < -0.4 is 5.56 Å². The predicted octanol–water partition coefficient (Wildman–Crippen LogP) is 5.72. The third-order valence-corrected chi connectivity index (χ3v) is 4.58. The van der Waals surface area contributed by atoms with Crippen molar-refractivity contribution in [3.8, 4) is 22.4 Å². The number of rotatable bonds is 3. The maximum Gasteiger partial charge on any atom is 0.253 e. The molecule has 0 bridgehead atoms. The number of halogens is 5. The highest BCUT2D eigenvalue weighted by Crippen LogP contribution is 2.38. The standard InChI is InChI=1S/C20H14ClF4NO/c1-3-26-19(18-16(24)8-12(23)9-17(18)25)14(6-10(2)20(26)27)13-7-11(22)4-5-15(13)21/h4-9H,3H2,1-2H3. The van der Waals surface area contributed by atoms with E-state index in [0.717, 1.165) is 16.7 Å². The SMILES string of the molecule is CCn1c(-c2c(F)cc(F)cc2F)c(-c2cc(F)ccc2Cl)cc(C)c1=O. The summed E-state index contributed by atoms with van der Waals surface area (Å²) < 4.78 is 57.4. The largest absolute Gasteiger partial charge is 0.307 e. The fraction of sp³-hybridized carbons (Fsp3) is 0.150. The monoisotopic (exact) mass is 395 g/mol. The first-order chi connectivity index (χ1) is 12.7. The number of hydrogen-bond donors (Lipinski definition) is 0. The molecule has 0 aliphatic rings. The zero-order valence-corrected chi connectivity index (χ0v) is 15.2. The van der Waals surface area contributed by atoms with Gasteiger partial charge in [-0.2, -0.15) is 0 Å². The van der Waals surface area contributed by atoms with E-state index in [1.54, 1.807) is 6.92 Å². The smallest absolute Gasteiger partial charge is 0.253 e. The average molecular weight is 396 g/mol. The van der Waals surface area contributed by atoms with Gasteiger partial charge in [-0.1, -0.05) is 11.6 Å². The second kappa shape index (κ2) is 7.19. The number of pyridine rings is 1. The van der Waals surface area contributed by atoms with Crippen LogP contribution in [0.2, 0.25) is 5.02 Å². The van der Waals surface area contributed by atoms with Gasteiger partial charge in [-0.3, -0.25) is 4.79 Å². The van der Waals surface area contributed by atoms with Crippen LogP contribution in [0.15, 0.2) is 41.2 Å². The first-order valence-corrected chi connectivity index (χ1v) is 8.47. The molecular weight excluding hydrogens is 382 g/mol. The molecule has 0 spiro atoms. The van der Waals surface area contributed by atoms with E-state index < -0.39 is 34.4 Å². The maximum absolute atomic E-state index is 14.5. The first-order valence-electron chi connectivity index (χ1n) is 8.09. The van der Waals surface area contributed by atoms with Gasteiger partial charge in [-0.15, -0.1) is 0 Å². The van der Waals surface area contributed by atoms with Crippen LogP contribution in [0.5, 0.6) is 0 Å². The zero-order valence-electron chi connectivity index (χ0n) is 14.4. The van der Waals surface area contributed by atoms with Crippen molar-refractivity contribution in [1.82, 2.24) is 4.57 Å². The first kappa shape index (κ1) is 19.2. The summed E-state index contributed by atoms with van der Waals surface area (Å²) in [7, 11) is 0. The molecular formula is C20H14ClF4NO. The normalized spacial score (nSPS) is 11.1.